The van der Waals surface area contributed by atoms with Crippen LogP contribution in [-0.2, 0) is 0 Å². The van der Waals surface area contributed by atoms with E-state index in [9.17, 15) is 0 Å². The van der Waals surface area contributed by atoms with Crippen molar-refractivity contribution in [3.63, 3.8) is 0 Å². The SMILES string of the molecule is Cc1cnc(N2CCN([C@H]3C[C@@H]4CC[C@H]3C4)CC2)c(C)c1. The van der Waals surface area contributed by atoms with Crippen molar-refractivity contribution in [3.05, 3.63) is 23.4 Å². The first-order chi connectivity index (χ1) is 10.2. The highest BCUT2D eigenvalue weighted by atomic mass is 15.3. The van der Waals surface area contributed by atoms with Gasteiger partial charge in [-0.2, -0.15) is 0 Å². The molecule has 3 nitrogen and oxygen atoms in total. The zero-order valence-corrected chi connectivity index (χ0v) is 13.4. The lowest BCUT2D eigenvalue weighted by atomic mass is 9.93. The summed E-state index contributed by atoms with van der Waals surface area (Å²) in [4.78, 5) is 9.94. The molecule has 0 radical (unpaired) electrons. The van der Waals surface area contributed by atoms with Crippen LogP contribution < -0.4 is 4.90 Å². The maximum atomic E-state index is 4.67. The average molecular weight is 285 g/mol. The Bertz CT molecular complexity index is 519. The topological polar surface area (TPSA) is 19.4 Å². The fourth-order valence-electron chi connectivity index (χ4n) is 4.96. The molecule has 114 valence electrons. The summed E-state index contributed by atoms with van der Waals surface area (Å²) in [6, 6.07) is 3.16. The van der Waals surface area contributed by atoms with Crippen molar-refractivity contribution < 1.29 is 0 Å². The van der Waals surface area contributed by atoms with Crippen LogP contribution >= 0.6 is 0 Å². The van der Waals surface area contributed by atoms with Crippen LogP contribution in [0, 0.1) is 25.7 Å². The van der Waals surface area contributed by atoms with Gasteiger partial charge in [-0.05, 0) is 56.1 Å². The van der Waals surface area contributed by atoms with E-state index in [1.807, 2.05) is 6.20 Å². The third-order valence-corrected chi connectivity index (χ3v) is 5.97. The first-order valence-electron chi connectivity index (χ1n) is 8.63. The molecule has 3 aliphatic rings. The molecule has 0 aromatic carbocycles. The summed E-state index contributed by atoms with van der Waals surface area (Å²) >= 11 is 0. The van der Waals surface area contributed by atoms with Crippen molar-refractivity contribution in [2.45, 2.75) is 45.6 Å². The molecule has 0 unspecified atom stereocenters. The summed E-state index contributed by atoms with van der Waals surface area (Å²) in [5, 5.41) is 0. The Morgan fingerprint density at radius 2 is 1.86 bits per heavy atom. The monoisotopic (exact) mass is 285 g/mol. The number of aromatic nitrogens is 1. The lowest BCUT2D eigenvalue weighted by Crippen LogP contribution is -2.52. The summed E-state index contributed by atoms with van der Waals surface area (Å²) in [5.74, 6) is 3.27. The molecule has 1 aliphatic heterocycles. The Morgan fingerprint density at radius 1 is 1.05 bits per heavy atom. The van der Waals surface area contributed by atoms with Gasteiger partial charge < -0.3 is 4.90 Å². The Balaban J connectivity index is 1.40. The number of piperazine rings is 1. The highest BCUT2D eigenvalue weighted by molar-refractivity contribution is 5.47. The van der Waals surface area contributed by atoms with Gasteiger partial charge in [0.25, 0.3) is 0 Å². The Kier molecular flexibility index (Phi) is 3.41. The third-order valence-electron chi connectivity index (χ3n) is 5.97. The molecule has 0 amide bonds. The number of fused-ring (bicyclic) bond motifs is 2. The van der Waals surface area contributed by atoms with E-state index in [2.05, 4.69) is 34.7 Å². The number of aryl methyl sites for hydroxylation is 2. The second-order valence-electron chi connectivity index (χ2n) is 7.42. The molecular weight excluding hydrogens is 258 g/mol. The predicted octanol–water partition coefficient (Wildman–Crippen LogP) is 3.01. The van der Waals surface area contributed by atoms with E-state index >= 15 is 0 Å². The fourth-order valence-corrected chi connectivity index (χ4v) is 4.96. The number of rotatable bonds is 2. The van der Waals surface area contributed by atoms with E-state index < -0.39 is 0 Å². The first-order valence-corrected chi connectivity index (χ1v) is 8.63. The van der Waals surface area contributed by atoms with Gasteiger partial charge in [-0.3, -0.25) is 4.90 Å². The molecule has 3 heteroatoms. The summed E-state index contributed by atoms with van der Waals surface area (Å²) in [7, 11) is 0. The number of nitrogens with zero attached hydrogens (tertiary/aromatic N) is 3. The van der Waals surface area contributed by atoms with Crippen molar-refractivity contribution in [1.29, 1.82) is 0 Å². The summed E-state index contributed by atoms with van der Waals surface area (Å²) in [5.41, 5.74) is 2.58. The van der Waals surface area contributed by atoms with Crippen LogP contribution in [0.15, 0.2) is 12.3 Å². The van der Waals surface area contributed by atoms with E-state index in [-0.39, 0.29) is 0 Å². The van der Waals surface area contributed by atoms with Crippen molar-refractivity contribution in [2.24, 2.45) is 11.8 Å². The number of anilines is 1. The Hall–Kier alpha value is -1.09. The van der Waals surface area contributed by atoms with Crippen molar-refractivity contribution >= 4 is 5.82 Å². The van der Waals surface area contributed by atoms with Gasteiger partial charge in [0.1, 0.15) is 5.82 Å². The molecule has 2 saturated carbocycles. The molecule has 1 saturated heterocycles. The van der Waals surface area contributed by atoms with Gasteiger partial charge in [0.05, 0.1) is 0 Å². The standard InChI is InChI=1S/C18H27N3/c1-13-9-14(2)18(19-12-13)21-7-5-20(6-8-21)17-11-15-3-4-16(17)10-15/h9,12,15-17H,3-8,10-11H2,1-2H3/t15-,16+,17+/m1/s1. The first kappa shape index (κ1) is 13.6. The van der Waals surface area contributed by atoms with E-state index in [1.54, 1.807) is 0 Å². The second-order valence-corrected chi connectivity index (χ2v) is 7.42. The minimum Gasteiger partial charge on any atom is -0.354 e. The summed E-state index contributed by atoms with van der Waals surface area (Å²) in [6.07, 6.45) is 8.00. The molecule has 2 aliphatic carbocycles. The zero-order valence-electron chi connectivity index (χ0n) is 13.4. The number of hydrogen-bond acceptors (Lipinski definition) is 3. The highest BCUT2D eigenvalue weighted by Crippen LogP contribution is 2.46. The van der Waals surface area contributed by atoms with Gasteiger partial charge in [0, 0.05) is 38.4 Å². The lowest BCUT2D eigenvalue weighted by molar-refractivity contribution is 0.134. The molecular formula is C18H27N3. The van der Waals surface area contributed by atoms with Gasteiger partial charge in [0.15, 0.2) is 0 Å². The van der Waals surface area contributed by atoms with Crippen LogP contribution in [0.2, 0.25) is 0 Å². The minimum absolute atomic E-state index is 0.901. The zero-order chi connectivity index (χ0) is 14.4. The quantitative estimate of drug-likeness (QED) is 0.832. The molecule has 0 N–H and O–H groups in total. The van der Waals surface area contributed by atoms with Crippen LogP contribution in [0.25, 0.3) is 0 Å². The number of hydrogen-bond donors (Lipinski definition) is 0. The van der Waals surface area contributed by atoms with E-state index in [1.165, 1.54) is 55.7 Å². The smallest absolute Gasteiger partial charge is 0.131 e. The molecule has 1 aromatic rings. The van der Waals surface area contributed by atoms with Crippen molar-refractivity contribution in [3.8, 4) is 0 Å². The molecule has 3 fully saturated rings. The highest BCUT2D eigenvalue weighted by Gasteiger charge is 2.42. The van der Waals surface area contributed by atoms with Gasteiger partial charge in [-0.1, -0.05) is 12.5 Å². The van der Waals surface area contributed by atoms with Gasteiger partial charge in [-0.25, -0.2) is 4.98 Å². The van der Waals surface area contributed by atoms with E-state index in [4.69, 9.17) is 0 Å². The molecule has 2 bridgehead atoms. The molecule has 2 heterocycles. The fraction of sp³-hybridized carbons (Fsp3) is 0.722. The maximum absolute atomic E-state index is 4.67. The Morgan fingerprint density at radius 3 is 2.48 bits per heavy atom. The predicted molar refractivity (Wildman–Crippen MR) is 86.7 cm³/mol. The van der Waals surface area contributed by atoms with Crippen molar-refractivity contribution in [1.82, 2.24) is 9.88 Å². The van der Waals surface area contributed by atoms with Crippen LogP contribution in [-0.4, -0.2) is 42.1 Å². The van der Waals surface area contributed by atoms with E-state index in [0.29, 0.717) is 0 Å². The third kappa shape index (κ3) is 2.46. The van der Waals surface area contributed by atoms with E-state index in [0.717, 1.165) is 31.0 Å². The Labute approximate surface area is 128 Å². The minimum atomic E-state index is 0.901. The average Bonchev–Trinajstić information content (AvgIpc) is 3.10. The van der Waals surface area contributed by atoms with Gasteiger partial charge in [-0.15, -0.1) is 0 Å². The molecule has 4 rings (SSSR count). The lowest BCUT2D eigenvalue weighted by Gasteiger charge is -2.41. The van der Waals surface area contributed by atoms with Crippen LogP contribution in [0.4, 0.5) is 5.82 Å². The molecule has 1 aromatic heterocycles. The van der Waals surface area contributed by atoms with Crippen molar-refractivity contribution in [2.75, 3.05) is 31.1 Å². The van der Waals surface area contributed by atoms with Gasteiger partial charge in [0.2, 0.25) is 0 Å². The normalized spacial score (nSPS) is 32.9. The number of pyridine rings is 1. The molecule has 21 heavy (non-hydrogen) atoms. The summed E-state index contributed by atoms with van der Waals surface area (Å²) in [6.45, 7) is 9.05. The molecule has 3 atom stereocenters. The summed E-state index contributed by atoms with van der Waals surface area (Å²) < 4.78 is 0. The van der Waals surface area contributed by atoms with Crippen LogP contribution in [0.1, 0.15) is 36.8 Å². The van der Waals surface area contributed by atoms with Gasteiger partial charge >= 0.3 is 0 Å². The molecule has 0 spiro atoms. The maximum Gasteiger partial charge on any atom is 0.131 e. The van der Waals surface area contributed by atoms with Crippen LogP contribution in [0.3, 0.4) is 0 Å². The second kappa shape index (κ2) is 5.28. The largest absolute Gasteiger partial charge is 0.354 e. The van der Waals surface area contributed by atoms with Crippen LogP contribution in [0.5, 0.6) is 0 Å².